The summed E-state index contributed by atoms with van der Waals surface area (Å²) in [6.45, 7) is 5.45. The molecule has 3 rings (SSSR count). The van der Waals surface area contributed by atoms with Gasteiger partial charge in [0.2, 0.25) is 0 Å². The third-order valence-electron chi connectivity index (χ3n) is 3.48. The molecule has 1 aromatic heterocycles. The highest BCUT2D eigenvalue weighted by molar-refractivity contribution is 6.00. The van der Waals surface area contributed by atoms with Crippen LogP contribution in [-0.2, 0) is 4.74 Å². The lowest BCUT2D eigenvalue weighted by atomic mass is 10.2. The molecule has 2 N–H and O–H groups in total. The first kappa shape index (κ1) is 16.7. The topological polar surface area (TPSA) is 80.0 Å². The molecule has 3 aromatic rings. The molecule has 0 aliphatic heterocycles. The van der Waals surface area contributed by atoms with Gasteiger partial charge in [0.25, 0.3) is 0 Å². The number of amides is 1. The number of carbonyl (C=O) groups excluding carboxylic acids is 1. The van der Waals surface area contributed by atoms with E-state index in [1.54, 1.807) is 4.68 Å². The molecule has 0 saturated heterocycles. The molecular formula is C19H20N4O2. The van der Waals surface area contributed by atoms with Crippen LogP contribution in [0.2, 0.25) is 0 Å². The number of rotatable bonds is 3. The second-order valence-corrected chi connectivity index (χ2v) is 6.64. The Bertz CT molecular complexity index is 924. The van der Waals surface area contributed by atoms with Crippen molar-refractivity contribution in [3.05, 3.63) is 54.1 Å². The predicted octanol–water partition coefficient (Wildman–Crippen LogP) is 4.37. The number of ether oxygens (including phenoxy) is 1. The Labute approximate surface area is 145 Å². The summed E-state index contributed by atoms with van der Waals surface area (Å²) in [5, 5.41) is 15.6. The first-order valence-corrected chi connectivity index (χ1v) is 7.96. The smallest absolute Gasteiger partial charge is 0.413 e. The zero-order valence-corrected chi connectivity index (χ0v) is 14.4. The van der Waals surface area contributed by atoms with Crippen molar-refractivity contribution in [2.45, 2.75) is 26.4 Å². The van der Waals surface area contributed by atoms with Crippen LogP contribution >= 0.6 is 0 Å². The number of hydrogen-bond acceptors (Lipinski definition) is 4. The first-order valence-electron chi connectivity index (χ1n) is 7.96. The molecule has 0 spiro atoms. The normalized spacial score (nSPS) is 11.3. The Morgan fingerprint density at radius 2 is 1.92 bits per heavy atom. The van der Waals surface area contributed by atoms with Crippen LogP contribution in [0.15, 0.2) is 48.5 Å². The van der Waals surface area contributed by atoms with E-state index in [9.17, 15) is 4.79 Å². The average Bonchev–Trinajstić information content (AvgIpc) is 2.91. The van der Waals surface area contributed by atoms with Crippen molar-refractivity contribution >= 4 is 29.0 Å². The number of aromatic nitrogens is 2. The second-order valence-electron chi connectivity index (χ2n) is 6.64. The van der Waals surface area contributed by atoms with Crippen LogP contribution in [0.4, 0.5) is 10.6 Å². The van der Waals surface area contributed by atoms with Gasteiger partial charge < -0.3 is 10.1 Å². The van der Waals surface area contributed by atoms with E-state index in [1.165, 1.54) is 6.21 Å². The molecule has 0 fully saturated rings. The van der Waals surface area contributed by atoms with E-state index in [1.807, 2.05) is 69.3 Å². The van der Waals surface area contributed by atoms with Crippen LogP contribution in [-0.4, -0.2) is 27.7 Å². The molecule has 0 aliphatic rings. The summed E-state index contributed by atoms with van der Waals surface area (Å²) in [4.78, 5) is 12.3. The Hall–Kier alpha value is -3.15. The van der Waals surface area contributed by atoms with Gasteiger partial charge in [-0.1, -0.05) is 24.3 Å². The van der Waals surface area contributed by atoms with Crippen molar-refractivity contribution in [3.8, 4) is 5.69 Å². The fraction of sp³-hybridized carbons (Fsp3) is 0.211. The molecule has 25 heavy (non-hydrogen) atoms. The largest absolute Gasteiger partial charge is 0.444 e. The molecule has 1 amide bonds. The van der Waals surface area contributed by atoms with Crippen LogP contribution in [0.3, 0.4) is 0 Å². The number of para-hydroxylation sites is 1. The number of nitrogens with zero attached hydrogens (tertiary/aromatic N) is 2. The summed E-state index contributed by atoms with van der Waals surface area (Å²) in [5.41, 5.74) is 1.66. The number of fused-ring (bicyclic) bond motifs is 1. The molecule has 128 valence electrons. The number of benzene rings is 2. The number of carbonyl (C=O) groups is 1. The van der Waals surface area contributed by atoms with Gasteiger partial charge >= 0.3 is 6.09 Å². The van der Waals surface area contributed by atoms with Crippen LogP contribution in [0.1, 0.15) is 26.3 Å². The van der Waals surface area contributed by atoms with Gasteiger partial charge in [-0.2, -0.15) is 5.10 Å². The average molecular weight is 336 g/mol. The van der Waals surface area contributed by atoms with Gasteiger partial charge in [-0.05, 0) is 50.6 Å². The fourth-order valence-corrected chi connectivity index (χ4v) is 2.47. The van der Waals surface area contributed by atoms with E-state index in [2.05, 4.69) is 10.4 Å². The van der Waals surface area contributed by atoms with E-state index in [-0.39, 0.29) is 0 Å². The first-order chi connectivity index (χ1) is 11.9. The Morgan fingerprint density at radius 1 is 1.20 bits per heavy atom. The minimum absolute atomic E-state index is 0.534. The maximum Gasteiger partial charge on any atom is 0.413 e. The van der Waals surface area contributed by atoms with Gasteiger partial charge in [0, 0.05) is 11.6 Å². The number of hydrogen-bond donors (Lipinski definition) is 2. The zero-order chi connectivity index (χ0) is 18.0. The van der Waals surface area contributed by atoms with E-state index in [0.29, 0.717) is 11.3 Å². The standard InChI is InChI=1S/C19H20N4O2/c1-19(2,3)25-18(24)21-17-15-10-9-13(12-20)11-16(15)22-23(17)14-7-5-4-6-8-14/h4-12,20H,1-3H3,(H,21,24). The zero-order valence-electron chi connectivity index (χ0n) is 14.4. The van der Waals surface area contributed by atoms with Crippen LogP contribution < -0.4 is 5.32 Å². The lowest BCUT2D eigenvalue weighted by Crippen LogP contribution is -2.28. The highest BCUT2D eigenvalue weighted by Crippen LogP contribution is 2.27. The molecule has 0 saturated carbocycles. The Balaban J connectivity index is 2.10. The Kier molecular flexibility index (Phi) is 4.27. The maximum absolute atomic E-state index is 12.3. The molecule has 6 heteroatoms. The van der Waals surface area contributed by atoms with Gasteiger partial charge in [-0.25, -0.2) is 9.48 Å². The van der Waals surface area contributed by atoms with Crippen molar-refractivity contribution in [1.29, 1.82) is 5.41 Å². The number of nitrogens with one attached hydrogen (secondary N) is 2. The second kappa shape index (κ2) is 6.39. The summed E-state index contributed by atoms with van der Waals surface area (Å²) >= 11 is 0. The van der Waals surface area contributed by atoms with Gasteiger partial charge in [0.15, 0.2) is 0 Å². The minimum Gasteiger partial charge on any atom is -0.444 e. The van der Waals surface area contributed by atoms with Gasteiger partial charge in [-0.3, -0.25) is 5.32 Å². The molecule has 1 heterocycles. The molecule has 6 nitrogen and oxygen atoms in total. The van der Waals surface area contributed by atoms with E-state index >= 15 is 0 Å². The van der Waals surface area contributed by atoms with Gasteiger partial charge in [0.05, 0.1) is 11.2 Å². The quantitative estimate of drug-likeness (QED) is 0.697. The monoisotopic (exact) mass is 336 g/mol. The summed E-state index contributed by atoms with van der Waals surface area (Å²) in [5.74, 6) is 0.534. The molecule has 0 radical (unpaired) electrons. The van der Waals surface area contributed by atoms with Crippen molar-refractivity contribution in [2.24, 2.45) is 0 Å². The molecule has 0 bridgehead atoms. The Morgan fingerprint density at radius 3 is 2.56 bits per heavy atom. The van der Waals surface area contributed by atoms with Crippen LogP contribution in [0, 0.1) is 5.41 Å². The van der Waals surface area contributed by atoms with E-state index in [0.717, 1.165) is 16.6 Å². The van der Waals surface area contributed by atoms with Crippen molar-refractivity contribution in [3.63, 3.8) is 0 Å². The van der Waals surface area contributed by atoms with E-state index < -0.39 is 11.7 Å². The summed E-state index contributed by atoms with van der Waals surface area (Å²) in [7, 11) is 0. The van der Waals surface area contributed by atoms with Crippen molar-refractivity contribution < 1.29 is 9.53 Å². The lowest BCUT2D eigenvalue weighted by molar-refractivity contribution is 0.0635. The van der Waals surface area contributed by atoms with E-state index in [4.69, 9.17) is 10.1 Å². The maximum atomic E-state index is 12.3. The molecular weight excluding hydrogens is 316 g/mol. The summed E-state index contributed by atoms with van der Waals surface area (Å²) in [6.07, 6.45) is 0.727. The fourth-order valence-electron chi connectivity index (χ4n) is 2.47. The van der Waals surface area contributed by atoms with Crippen molar-refractivity contribution in [1.82, 2.24) is 9.78 Å². The number of anilines is 1. The van der Waals surface area contributed by atoms with Gasteiger partial charge in [0.1, 0.15) is 11.4 Å². The minimum atomic E-state index is -0.592. The molecule has 2 aromatic carbocycles. The lowest BCUT2D eigenvalue weighted by Gasteiger charge is -2.20. The van der Waals surface area contributed by atoms with Gasteiger partial charge in [-0.15, -0.1) is 0 Å². The SMILES string of the molecule is CC(C)(C)OC(=O)Nc1c2ccc(C=N)cc2nn1-c1ccccc1. The highest BCUT2D eigenvalue weighted by atomic mass is 16.6. The molecule has 0 atom stereocenters. The van der Waals surface area contributed by atoms with Crippen LogP contribution in [0.25, 0.3) is 16.6 Å². The molecule has 0 unspecified atom stereocenters. The summed E-state index contributed by atoms with van der Waals surface area (Å²) in [6, 6.07) is 15.0. The highest BCUT2D eigenvalue weighted by Gasteiger charge is 2.20. The third-order valence-corrected chi connectivity index (χ3v) is 3.48. The van der Waals surface area contributed by atoms with Crippen molar-refractivity contribution in [2.75, 3.05) is 5.32 Å². The van der Waals surface area contributed by atoms with Crippen LogP contribution in [0.5, 0.6) is 0 Å². The predicted molar refractivity (Wildman–Crippen MR) is 98.8 cm³/mol. The summed E-state index contributed by atoms with van der Waals surface area (Å²) < 4.78 is 7.04. The third kappa shape index (κ3) is 3.68. The molecule has 0 aliphatic carbocycles.